The lowest BCUT2D eigenvalue weighted by Gasteiger charge is -2.21. The van der Waals surface area contributed by atoms with Gasteiger partial charge in [-0.2, -0.15) is 0 Å². The number of amides is 1. The van der Waals surface area contributed by atoms with E-state index in [-0.39, 0.29) is 0 Å². The third kappa shape index (κ3) is 9.58. The van der Waals surface area contributed by atoms with E-state index in [4.69, 9.17) is 14.6 Å². The summed E-state index contributed by atoms with van der Waals surface area (Å²) >= 11 is 0. The smallest absolute Gasteiger partial charge is 0.461 e. The van der Waals surface area contributed by atoms with Crippen LogP contribution >= 0.6 is 0 Å². The number of hydrogen-bond acceptors (Lipinski definition) is 4. The van der Waals surface area contributed by atoms with Gasteiger partial charge in [0.1, 0.15) is 5.60 Å². The Balaban J connectivity index is 0.000000711. The number of aromatic nitrogens is 1. The van der Waals surface area contributed by atoms with E-state index in [9.17, 15) is 4.79 Å². The van der Waals surface area contributed by atoms with Gasteiger partial charge >= 0.3 is 6.09 Å². The van der Waals surface area contributed by atoms with Crippen LogP contribution in [0.15, 0.2) is 30.6 Å². The summed E-state index contributed by atoms with van der Waals surface area (Å²) < 4.78 is 6.77. The largest absolute Gasteiger partial charge is 0.550 e. The lowest BCUT2D eigenvalue weighted by molar-refractivity contribution is -0.642. The molecular weight excluding hydrogens is 248 g/mol. The van der Waals surface area contributed by atoms with Crippen molar-refractivity contribution < 1.29 is 24.1 Å². The normalized spacial score (nSPS) is 9.89. The molecule has 0 unspecified atom stereocenters. The van der Waals surface area contributed by atoms with Crippen LogP contribution in [0.4, 0.5) is 4.79 Å². The molecule has 1 aromatic heterocycles. The van der Waals surface area contributed by atoms with Crippen molar-refractivity contribution in [3.63, 3.8) is 0 Å². The van der Waals surface area contributed by atoms with E-state index >= 15 is 0 Å². The molecule has 0 spiro atoms. The molecule has 1 N–H and O–H groups in total. The number of rotatable bonds is 3. The Labute approximate surface area is 113 Å². The Morgan fingerprint density at radius 3 is 2.16 bits per heavy atom. The van der Waals surface area contributed by atoms with Gasteiger partial charge in [-0.3, -0.25) is 0 Å². The van der Waals surface area contributed by atoms with Crippen molar-refractivity contribution in [1.82, 2.24) is 0 Å². The number of ether oxygens (including phenoxy) is 1. The Morgan fingerprint density at radius 1 is 1.26 bits per heavy atom. The van der Waals surface area contributed by atoms with Gasteiger partial charge in [0, 0.05) is 18.1 Å². The molecular formula is C13H20N2O4. The second-order valence-corrected chi connectivity index (χ2v) is 4.39. The number of nitrogens with one attached hydrogen (secondary N) is 1. The number of aliphatic carboxylic acids is 1. The van der Waals surface area contributed by atoms with Crippen LogP contribution < -0.4 is 15.2 Å². The second kappa shape index (κ2) is 8.07. The van der Waals surface area contributed by atoms with E-state index < -0.39 is 17.7 Å². The lowest BCUT2D eigenvalue weighted by Crippen LogP contribution is -2.49. The Bertz CT molecular complexity index is 400. The zero-order valence-corrected chi connectivity index (χ0v) is 11.7. The molecule has 106 valence electrons. The highest BCUT2D eigenvalue weighted by Crippen LogP contribution is 2.13. The highest BCUT2D eigenvalue weighted by molar-refractivity contribution is 5.74. The first-order valence-corrected chi connectivity index (χ1v) is 5.90. The van der Waals surface area contributed by atoms with Gasteiger partial charge in [-0.25, -0.2) is 4.79 Å². The van der Waals surface area contributed by atoms with Crippen LogP contribution in [0.2, 0.25) is 0 Å². The fourth-order valence-corrected chi connectivity index (χ4v) is 0.925. The fourth-order valence-electron chi connectivity index (χ4n) is 0.925. The molecule has 0 aliphatic heterocycles. The van der Waals surface area contributed by atoms with Gasteiger partial charge in [0.2, 0.25) is 0 Å². The molecule has 0 saturated carbocycles. The summed E-state index contributed by atoms with van der Waals surface area (Å²) in [6.45, 7) is 6.70. The van der Waals surface area contributed by atoms with Gasteiger partial charge in [-0.15, -0.1) is 0 Å². The quantitative estimate of drug-likeness (QED) is 0.814. The van der Waals surface area contributed by atoms with Crippen molar-refractivity contribution >= 4 is 12.1 Å². The Kier molecular flexibility index (Phi) is 7.18. The molecule has 0 aliphatic carbocycles. The number of carbonyl (C=O) groups is 2. The van der Waals surface area contributed by atoms with Crippen LogP contribution in [-0.2, 0) is 9.53 Å². The first kappa shape index (κ1) is 16.9. The molecule has 0 saturated heterocycles. The van der Waals surface area contributed by atoms with Crippen LogP contribution in [0.5, 0.6) is 0 Å². The number of carbonyl (C=O) groups excluding carboxylic acids is 2. The van der Waals surface area contributed by atoms with E-state index in [1.165, 1.54) is 0 Å². The first-order chi connectivity index (χ1) is 8.76. The third-order valence-corrected chi connectivity index (χ3v) is 2.16. The molecule has 0 fully saturated rings. The van der Waals surface area contributed by atoms with Gasteiger partial charge in [0.15, 0.2) is 12.4 Å². The standard InChI is InChI=1S/C11H16N2O2.C2H4O2/c1-4-11(2,3)15-10(14)12-13-8-6-5-7-9-13;1-2(3)4/h5-9H,4H2,1-3H3;1H3,(H,3,4). The van der Waals surface area contributed by atoms with Crippen molar-refractivity contribution in [2.75, 3.05) is 5.43 Å². The van der Waals surface area contributed by atoms with Crippen LogP contribution in [-0.4, -0.2) is 17.7 Å². The predicted molar refractivity (Wildman–Crippen MR) is 67.5 cm³/mol. The number of nitrogens with zero attached hydrogens (tertiary/aromatic N) is 1. The highest BCUT2D eigenvalue weighted by atomic mass is 16.6. The molecule has 6 nitrogen and oxygen atoms in total. The number of hydrogen-bond donors (Lipinski definition) is 1. The Morgan fingerprint density at radius 2 is 1.74 bits per heavy atom. The third-order valence-electron chi connectivity index (χ3n) is 2.16. The summed E-state index contributed by atoms with van der Waals surface area (Å²) in [5.74, 6) is -1.08. The highest BCUT2D eigenvalue weighted by Gasteiger charge is 2.21. The number of carboxylic acid groups (broad SMARTS) is 1. The maximum absolute atomic E-state index is 11.4. The van der Waals surface area contributed by atoms with E-state index in [1.54, 1.807) is 17.1 Å². The number of carboxylic acids is 1. The summed E-state index contributed by atoms with van der Waals surface area (Å²) in [5, 5.41) is 8.89. The average molecular weight is 268 g/mol. The molecule has 19 heavy (non-hydrogen) atoms. The lowest BCUT2D eigenvalue weighted by atomic mass is 10.1. The van der Waals surface area contributed by atoms with Gasteiger partial charge < -0.3 is 14.6 Å². The van der Waals surface area contributed by atoms with E-state index in [1.807, 2.05) is 39.0 Å². The first-order valence-electron chi connectivity index (χ1n) is 5.90. The summed E-state index contributed by atoms with van der Waals surface area (Å²) in [7, 11) is 0. The summed E-state index contributed by atoms with van der Waals surface area (Å²) in [6.07, 6.45) is 3.80. The van der Waals surface area contributed by atoms with Crippen LogP contribution in [0.1, 0.15) is 34.1 Å². The SMILES string of the molecule is CC(=O)[O-].CCC(C)(C)OC(=O)N[n+]1ccccc1. The van der Waals surface area contributed by atoms with E-state index in [0.717, 1.165) is 13.3 Å². The molecule has 1 heterocycles. The summed E-state index contributed by atoms with van der Waals surface area (Å²) in [5.41, 5.74) is 2.16. The van der Waals surface area contributed by atoms with Crippen molar-refractivity contribution in [2.24, 2.45) is 0 Å². The van der Waals surface area contributed by atoms with Crippen molar-refractivity contribution in [3.05, 3.63) is 30.6 Å². The minimum Gasteiger partial charge on any atom is -0.550 e. The summed E-state index contributed by atoms with van der Waals surface area (Å²) in [4.78, 5) is 20.3. The summed E-state index contributed by atoms with van der Waals surface area (Å²) in [6, 6.07) is 5.52. The molecule has 0 bridgehead atoms. The topological polar surface area (TPSA) is 82.3 Å². The predicted octanol–water partition coefficient (Wildman–Crippen LogP) is 0.599. The van der Waals surface area contributed by atoms with Crippen LogP contribution in [0, 0.1) is 0 Å². The maximum Gasteiger partial charge on any atom is 0.461 e. The zero-order valence-electron chi connectivity index (χ0n) is 11.7. The van der Waals surface area contributed by atoms with Crippen molar-refractivity contribution in [3.8, 4) is 0 Å². The molecule has 0 radical (unpaired) electrons. The zero-order chi connectivity index (χ0) is 14.9. The van der Waals surface area contributed by atoms with Gasteiger partial charge in [-0.1, -0.05) is 23.1 Å². The molecule has 0 aliphatic rings. The molecule has 1 aromatic rings. The minimum absolute atomic E-state index is 0.431. The van der Waals surface area contributed by atoms with E-state index in [2.05, 4.69) is 5.43 Å². The van der Waals surface area contributed by atoms with Crippen molar-refractivity contribution in [1.29, 1.82) is 0 Å². The minimum atomic E-state index is -1.08. The fraction of sp³-hybridized carbons (Fsp3) is 0.462. The monoisotopic (exact) mass is 268 g/mol. The number of pyridine rings is 1. The second-order valence-electron chi connectivity index (χ2n) is 4.39. The molecule has 0 atom stereocenters. The molecule has 1 amide bonds. The maximum atomic E-state index is 11.4. The average Bonchev–Trinajstić information content (AvgIpc) is 2.28. The Hall–Kier alpha value is -2.11. The molecule has 0 aromatic carbocycles. The van der Waals surface area contributed by atoms with E-state index in [0.29, 0.717) is 0 Å². The van der Waals surface area contributed by atoms with Gasteiger partial charge in [0.05, 0.1) is 0 Å². The molecule has 6 heteroatoms. The molecule has 1 rings (SSSR count). The van der Waals surface area contributed by atoms with Crippen molar-refractivity contribution in [2.45, 2.75) is 39.7 Å². The van der Waals surface area contributed by atoms with Gasteiger partial charge in [0.25, 0.3) is 0 Å². The van der Waals surface area contributed by atoms with Gasteiger partial charge in [-0.05, 0) is 27.2 Å². The van der Waals surface area contributed by atoms with Crippen LogP contribution in [0.25, 0.3) is 0 Å². The van der Waals surface area contributed by atoms with Crippen LogP contribution in [0.3, 0.4) is 0 Å².